The molecule has 5 rings (SSSR count). The number of aromatic amines is 1. The van der Waals surface area contributed by atoms with Crippen LogP contribution in [0.5, 0.6) is 0 Å². The number of H-pyrrole nitrogens is 1. The zero-order valence-corrected chi connectivity index (χ0v) is 20.0. The van der Waals surface area contributed by atoms with Crippen molar-refractivity contribution in [2.75, 3.05) is 10.6 Å². The lowest BCUT2D eigenvalue weighted by Crippen LogP contribution is -2.14. The van der Waals surface area contributed by atoms with Gasteiger partial charge in [-0.3, -0.25) is 10.1 Å². The Morgan fingerprint density at radius 3 is 2.43 bits per heavy atom. The number of rotatable bonds is 6. The fraction of sp³-hybridized carbons (Fsp3) is 0.0400. The van der Waals surface area contributed by atoms with E-state index in [9.17, 15) is 18.4 Å². The first-order valence-corrected chi connectivity index (χ1v) is 11.4. The first-order valence-electron chi connectivity index (χ1n) is 10.7. The van der Waals surface area contributed by atoms with Crippen molar-refractivity contribution in [3.63, 3.8) is 0 Å². The van der Waals surface area contributed by atoms with Gasteiger partial charge in [-0.15, -0.1) is 5.10 Å². The van der Waals surface area contributed by atoms with Gasteiger partial charge in [-0.05, 0) is 42.0 Å². The molecule has 37 heavy (non-hydrogen) atoms. The number of nitrogens with one attached hydrogen (secondary N) is 3. The molecule has 0 bridgehead atoms. The summed E-state index contributed by atoms with van der Waals surface area (Å²) in [5, 5.41) is 27.5. The second-order valence-corrected chi connectivity index (χ2v) is 8.76. The third-order valence-electron chi connectivity index (χ3n) is 5.59. The molecule has 0 saturated heterocycles. The molecule has 3 aromatic carbocycles. The van der Waals surface area contributed by atoms with Crippen molar-refractivity contribution in [2.45, 2.75) is 6.04 Å². The maximum atomic E-state index is 14.4. The molecule has 1 atom stereocenters. The van der Waals surface area contributed by atoms with Gasteiger partial charge in [-0.1, -0.05) is 40.5 Å². The molecule has 0 fully saturated rings. The van der Waals surface area contributed by atoms with E-state index in [0.717, 1.165) is 17.7 Å². The second kappa shape index (κ2) is 9.97. The number of fused-ring (bicyclic) bond motifs is 1. The Kier molecular flexibility index (Phi) is 6.56. The van der Waals surface area contributed by atoms with Gasteiger partial charge >= 0.3 is 0 Å². The number of nitrogens with zero attached hydrogens (tertiary/aromatic N) is 4. The smallest absolute Gasteiger partial charge is 0.196 e. The van der Waals surface area contributed by atoms with Crippen molar-refractivity contribution < 1.29 is 13.2 Å². The minimum atomic E-state index is -1.64. The topological polar surface area (TPSA) is 102 Å². The number of anilines is 3. The summed E-state index contributed by atoms with van der Waals surface area (Å²) in [5.41, 5.74) is 2.00. The summed E-state index contributed by atoms with van der Waals surface area (Å²) in [5.74, 6) is -4.40. The molecule has 0 aliphatic rings. The third kappa shape index (κ3) is 4.74. The van der Waals surface area contributed by atoms with Gasteiger partial charge < -0.3 is 10.6 Å². The molecule has 0 spiro atoms. The van der Waals surface area contributed by atoms with E-state index in [1.807, 2.05) is 18.2 Å². The highest BCUT2D eigenvalue weighted by molar-refractivity contribution is 6.32. The lowest BCUT2D eigenvalue weighted by molar-refractivity contribution is 0.449. The number of pyridine rings is 1. The molecule has 2 heterocycles. The van der Waals surface area contributed by atoms with Crippen LogP contribution in [0, 0.1) is 28.8 Å². The van der Waals surface area contributed by atoms with Crippen molar-refractivity contribution in [2.24, 2.45) is 0 Å². The van der Waals surface area contributed by atoms with E-state index in [2.05, 4.69) is 31.0 Å². The summed E-state index contributed by atoms with van der Waals surface area (Å²) < 4.78 is 41.8. The van der Waals surface area contributed by atoms with Crippen LogP contribution in [-0.2, 0) is 0 Å². The van der Waals surface area contributed by atoms with Crippen LogP contribution in [0.2, 0.25) is 10.0 Å². The van der Waals surface area contributed by atoms with E-state index in [1.165, 1.54) is 12.3 Å². The van der Waals surface area contributed by atoms with Crippen LogP contribution >= 0.6 is 23.2 Å². The highest BCUT2D eigenvalue weighted by Crippen LogP contribution is 2.38. The molecule has 0 saturated carbocycles. The Labute approximate surface area is 217 Å². The molecule has 12 heteroatoms. The van der Waals surface area contributed by atoms with Crippen molar-refractivity contribution in [3.8, 4) is 6.07 Å². The Morgan fingerprint density at radius 2 is 1.73 bits per heavy atom. The van der Waals surface area contributed by atoms with Gasteiger partial charge in [0.25, 0.3) is 0 Å². The standard InChI is InChI=1S/C25H14Cl2F3N7/c26-14-3-1-12(2-4-14)24(20-11-33-37-36-20)35-19-8-15(27)7-16-23(13(9-31)10-32-25(16)19)34-18-6-5-17(28)21(29)22(18)30/h1-8,10-11,24,35H,(H,32,34)(H,33,36,37)/t24-/m0/s1. The zero-order valence-electron chi connectivity index (χ0n) is 18.5. The summed E-state index contributed by atoms with van der Waals surface area (Å²) in [6.45, 7) is 0. The van der Waals surface area contributed by atoms with Gasteiger partial charge in [-0.2, -0.15) is 5.26 Å². The van der Waals surface area contributed by atoms with Crippen LogP contribution in [-0.4, -0.2) is 20.4 Å². The number of aromatic nitrogens is 4. The van der Waals surface area contributed by atoms with E-state index < -0.39 is 23.5 Å². The summed E-state index contributed by atoms with van der Waals surface area (Å²) in [6, 6.07) is 13.6. The number of hydrogen-bond donors (Lipinski definition) is 3. The van der Waals surface area contributed by atoms with Crippen LogP contribution in [0.4, 0.5) is 30.2 Å². The molecule has 0 radical (unpaired) electrons. The van der Waals surface area contributed by atoms with Crippen LogP contribution in [0.25, 0.3) is 10.9 Å². The molecule has 0 unspecified atom stereocenters. The van der Waals surface area contributed by atoms with Crippen LogP contribution in [0.3, 0.4) is 0 Å². The van der Waals surface area contributed by atoms with Gasteiger partial charge in [0, 0.05) is 27.8 Å². The van der Waals surface area contributed by atoms with Crippen LogP contribution in [0.1, 0.15) is 22.9 Å². The first kappa shape index (κ1) is 24.4. The fourth-order valence-corrected chi connectivity index (χ4v) is 4.19. The number of halogens is 5. The van der Waals surface area contributed by atoms with Crippen LogP contribution in [0.15, 0.2) is 60.9 Å². The second-order valence-electron chi connectivity index (χ2n) is 7.88. The molecule has 5 aromatic rings. The molecule has 0 aliphatic heterocycles. The number of nitriles is 1. The predicted octanol–water partition coefficient (Wildman–Crippen LogP) is 6.89. The maximum Gasteiger partial charge on any atom is 0.196 e. The Hall–Kier alpha value is -4.33. The molecule has 0 aliphatic carbocycles. The highest BCUT2D eigenvalue weighted by Gasteiger charge is 2.21. The van der Waals surface area contributed by atoms with Crippen LogP contribution < -0.4 is 10.6 Å². The van der Waals surface area contributed by atoms with E-state index in [-0.39, 0.29) is 22.0 Å². The molecule has 0 amide bonds. The number of benzene rings is 3. The Bertz CT molecular complexity index is 1650. The lowest BCUT2D eigenvalue weighted by atomic mass is 10.0. The third-order valence-corrected chi connectivity index (χ3v) is 6.06. The molecular formula is C25H14Cl2F3N7. The van der Waals surface area contributed by atoms with Gasteiger partial charge in [0.2, 0.25) is 0 Å². The van der Waals surface area contributed by atoms with Crippen molar-refractivity contribution in [1.29, 1.82) is 5.26 Å². The molecule has 2 aromatic heterocycles. The predicted molar refractivity (Wildman–Crippen MR) is 134 cm³/mol. The van der Waals surface area contributed by atoms with Crippen molar-refractivity contribution in [1.82, 2.24) is 20.4 Å². The summed E-state index contributed by atoms with van der Waals surface area (Å²) in [6.07, 6.45) is 2.91. The summed E-state index contributed by atoms with van der Waals surface area (Å²) in [7, 11) is 0. The van der Waals surface area contributed by atoms with Crippen molar-refractivity contribution >= 4 is 51.2 Å². The van der Waals surface area contributed by atoms with Gasteiger partial charge in [-0.25, -0.2) is 13.2 Å². The van der Waals surface area contributed by atoms with E-state index in [1.54, 1.807) is 24.4 Å². The molecule has 3 N–H and O–H groups in total. The zero-order chi connectivity index (χ0) is 26.1. The first-order chi connectivity index (χ1) is 17.9. The maximum absolute atomic E-state index is 14.4. The molecule has 7 nitrogen and oxygen atoms in total. The Balaban J connectivity index is 1.65. The van der Waals surface area contributed by atoms with E-state index in [4.69, 9.17) is 23.2 Å². The minimum Gasteiger partial charge on any atom is -0.371 e. The summed E-state index contributed by atoms with van der Waals surface area (Å²) in [4.78, 5) is 4.42. The quantitative estimate of drug-likeness (QED) is 0.203. The minimum absolute atomic E-state index is 0.0376. The van der Waals surface area contributed by atoms with E-state index in [0.29, 0.717) is 27.3 Å². The van der Waals surface area contributed by atoms with Gasteiger partial charge in [0.05, 0.1) is 34.2 Å². The average Bonchev–Trinajstić information content (AvgIpc) is 3.43. The van der Waals surface area contributed by atoms with Gasteiger partial charge in [0.1, 0.15) is 11.8 Å². The fourth-order valence-electron chi connectivity index (χ4n) is 3.84. The lowest BCUT2D eigenvalue weighted by Gasteiger charge is -2.21. The molecular weight excluding hydrogens is 526 g/mol. The largest absolute Gasteiger partial charge is 0.371 e. The Morgan fingerprint density at radius 1 is 0.946 bits per heavy atom. The summed E-state index contributed by atoms with van der Waals surface area (Å²) >= 11 is 12.5. The normalized spacial score (nSPS) is 11.8. The number of hydrogen-bond acceptors (Lipinski definition) is 6. The SMILES string of the molecule is N#Cc1cnc2c(N[C@@H](c3ccc(Cl)cc3)c3c[nH]nn3)cc(Cl)cc2c1Nc1ccc(F)c(F)c1F. The highest BCUT2D eigenvalue weighted by atomic mass is 35.5. The van der Waals surface area contributed by atoms with Gasteiger partial charge in [0.15, 0.2) is 17.5 Å². The van der Waals surface area contributed by atoms with E-state index >= 15 is 0 Å². The molecule has 184 valence electrons. The monoisotopic (exact) mass is 539 g/mol. The van der Waals surface area contributed by atoms with Crippen molar-refractivity contribution in [3.05, 3.63) is 105 Å². The average molecular weight is 540 g/mol.